The number of hydrogen-bond acceptors (Lipinski definition) is 3. The fourth-order valence-corrected chi connectivity index (χ4v) is 2.94. The number of thioether (sulfide) groups is 1. The van der Waals surface area contributed by atoms with Crippen LogP contribution in [0.4, 0.5) is 0 Å². The first-order chi connectivity index (χ1) is 12.3. The van der Waals surface area contributed by atoms with Gasteiger partial charge < -0.3 is 10.5 Å². The number of aryl methyl sites for hydroxylation is 1. The fraction of sp³-hybridized carbons (Fsp3) is 0.182. The van der Waals surface area contributed by atoms with Crippen molar-refractivity contribution in [1.82, 2.24) is 0 Å². The van der Waals surface area contributed by atoms with Gasteiger partial charge in [0.1, 0.15) is 12.4 Å². The third-order valence-corrected chi connectivity index (χ3v) is 4.48. The van der Waals surface area contributed by atoms with Gasteiger partial charge in [-0.15, -0.1) is 11.8 Å². The third-order valence-electron chi connectivity index (χ3n) is 3.40. The van der Waals surface area contributed by atoms with E-state index >= 15 is 0 Å². The van der Waals surface area contributed by atoms with Crippen LogP contribution in [0.15, 0.2) is 89.8 Å². The summed E-state index contributed by atoms with van der Waals surface area (Å²) in [6.07, 6.45) is 0. The molecule has 0 amide bonds. The van der Waals surface area contributed by atoms with E-state index in [0.717, 1.165) is 11.5 Å². The first-order valence-electron chi connectivity index (χ1n) is 8.39. The van der Waals surface area contributed by atoms with Crippen LogP contribution in [0.5, 0.6) is 5.75 Å². The molecule has 0 atom stereocenters. The van der Waals surface area contributed by atoms with E-state index in [1.807, 2.05) is 48.2 Å². The lowest BCUT2D eigenvalue weighted by Gasteiger charge is -2.06. The van der Waals surface area contributed by atoms with Crippen molar-refractivity contribution in [3.05, 3.63) is 96.1 Å². The summed E-state index contributed by atoms with van der Waals surface area (Å²) in [6, 6.07) is 28.9. The minimum atomic E-state index is 0.546. The second-order valence-corrected chi connectivity index (χ2v) is 6.59. The molecule has 130 valence electrons. The highest BCUT2D eigenvalue weighted by Crippen LogP contribution is 2.24. The molecule has 0 unspecified atom stereocenters. The van der Waals surface area contributed by atoms with Gasteiger partial charge in [0, 0.05) is 17.2 Å². The molecule has 0 aromatic heterocycles. The lowest BCUT2D eigenvalue weighted by atomic mass is 10.2. The molecule has 0 aliphatic heterocycles. The molecule has 3 aromatic carbocycles. The van der Waals surface area contributed by atoms with Gasteiger partial charge in [0.15, 0.2) is 0 Å². The predicted molar refractivity (Wildman–Crippen MR) is 108 cm³/mol. The Morgan fingerprint density at radius 1 is 0.800 bits per heavy atom. The number of nitrogens with two attached hydrogens (primary N) is 1. The maximum atomic E-state index is 5.44. The van der Waals surface area contributed by atoms with Crippen molar-refractivity contribution in [2.45, 2.75) is 17.6 Å². The first-order valence-corrected chi connectivity index (χ1v) is 9.38. The van der Waals surface area contributed by atoms with Crippen LogP contribution in [0.3, 0.4) is 0 Å². The summed E-state index contributed by atoms with van der Waals surface area (Å²) in [5.74, 6) is 1.87. The van der Waals surface area contributed by atoms with Gasteiger partial charge in [-0.3, -0.25) is 0 Å². The lowest BCUT2D eigenvalue weighted by Crippen LogP contribution is -2.10. The third kappa shape index (κ3) is 7.92. The highest BCUT2D eigenvalue weighted by atomic mass is 32.2. The molecule has 0 saturated carbocycles. The van der Waals surface area contributed by atoms with Gasteiger partial charge in [0.05, 0.1) is 0 Å². The first kappa shape index (κ1) is 19.1. The summed E-state index contributed by atoms with van der Waals surface area (Å²) in [5, 5.41) is 0. The Labute approximate surface area is 155 Å². The van der Waals surface area contributed by atoms with Crippen molar-refractivity contribution in [1.29, 1.82) is 0 Å². The topological polar surface area (TPSA) is 35.2 Å². The molecule has 0 spiro atoms. The van der Waals surface area contributed by atoms with Gasteiger partial charge in [-0.1, -0.05) is 66.2 Å². The van der Waals surface area contributed by atoms with Gasteiger partial charge in [-0.05, 0) is 36.8 Å². The Kier molecular flexibility index (Phi) is 8.67. The molecule has 0 saturated heterocycles. The van der Waals surface area contributed by atoms with Crippen molar-refractivity contribution >= 4 is 11.8 Å². The zero-order chi connectivity index (χ0) is 17.7. The van der Waals surface area contributed by atoms with Crippen molar-refractivity contribution in [2.24, 2.45) is 5.73 Å². The average Bonchev–Trinajstić information content (AvgIpc) is 2.67. The molecule has 0 heterocycles. The van der Waals surface area contributed by atoms with Crippen LogP contribution in [0, 0.1) is 6.92 Å². The van der Waals surface area contributed by atoms with Crippen molar-refractivity contribution < 1.29 is 4.74 Å². The van der Waals surface area contributed by atoms with Gasteiger partial charge in [0.2, 0.25) is 0 Å². The molecule has 3 aromatic rings. The van der Waals surface area contributed by atoms with E-state index in [1.54, 1.807) is 0 Å². The predicted octanol–water partition coefficient (Wildman–Crippen LogP) is 5.31. The molecule has 0 bridgehead atoms. The quantitative estimate of drug-likeness (QED) is 0.611. The minimum absolute atomic E-state index is 0.546. The molecular weight excluding hydrogens is 326 g/mol. The van der Waals surface area contributed by atoms with E-state index in [1.165, 1.54) is 16.0 Å². The number of hydrogen-bond donors (Lipinski definition) is 1. The summed E-state index contributed by atoms with van der Waals surface area (Å²) in [6.45, 7) is 3.20. The maximum absolute atomic E-state index is 5.44. The van der Waals surface area contributed by atoms with E-state index < -0.39 is 0 Å². The maximum Gasteiger partial charge on any atom is 0.119 e. The van der Waals surface area contributed by atoms with Crippen LogP contribution in [0.1, 0.15) is 11.1 Å². The largest absolute Gasteiger partial charge is 0.492 e. The molecule has 3 heteroatoms. The molecule has 25 heavy (non-hydrogen) atoms. The van der Waals surface area contributed by atoms with Crippen molar-refractivity contribution in [2.75, 3.05) is 13.2 Å². The highest BCUT2D eigenvalue weighted by molar-refractivity contribution is 7.98. The summed E-state index contributed by atoms with van der Waals surface area (Å²) >= 11 is 1.83. The molecule has 3 rings (SSSR count). The van der Waals surface area contributed by atoms with Crippen molar-refractivity contribution in [3.63, 3.8) is 0 Å². The summed E-state index contributed by atoms with van der Waals surface area (Å²) in [7, 11) is 0. The normalized spacial score (nSPS) is 9.84. The molecule has 0 aliphatic carbocycles. The van der Waals surface area contributed by atoms with Crippen LogP contribution in [-0.4, -0.2) is 13.2 Å². The van der Waals surface area contributed by atoms with E-state index in [2.05, 4.69) is 55.5 Å². The Balaban J connectivity index is 0.000000269. The Hall–Kier alpha value is -2.23. The summed E-state index contributed by atoms with van der Waals surface area (Å²) < 4.78 is 5.44. The van der Waals surface area contributed by atoms with Crippen molar-refractivity contribution in [3.8, 4) is 5.75 Å². The van der Waals surface area contributed by atoms with Crippen LogP contribution in [-0.2, 0) is 5.75 Å². The van der Waals surface area contributed by atoms with Gasteiger partial charge in [0.25, 0.3) is 0 Å². The van der Waals surface area contributed by atoms with E-state index in [4.69, 9.17) is 10.5 Å². The highest BCUT2D eigenvalue weighted by Gasteiger charge is 1.97. The number of ether oxygens (including phenoxy) is 1. The van der Waals surface area contributed by atoms with Gasteiger partial charge in [-0.25, -0.2) is 0 Å². The minimum Gasteiger partial charge on any atom is -0.492 e. The standard InChI is InChI=1S/C15H17NOS.C7H8/c16-10-11-17-14-6-8-15(9-7-14)18-12-13-4-2-1-3-5-13;1-7-5-3-2-4-6-7/h1-9H,10-12,16H2;2-6H,1H3. The molecule has 0 aliphatic rings. The molecule has 0 fully saturated rings. The van der Waals surface area contributed by atoms with Gasteiger partial charge >= 0.3 is 0 Å². The molecule has 2 N–H and O–H groups in total. The number of benzene rings is 3. The van der Waals surface area contributed by atoms with Crippen LogP contribution in [0.2, 0.25) is 0 Å². The second-order valence-electron chi connectivity index (χ2n) is 5.54. The van der Waals surface area contributed by atoms with E-state index in [0.29, 0.717) is 13.2 Å². The fourth-order valence-electron chi connectivity index (χ4n) is 2.08. The van der Waals surface area contributed by atoms with Gasteiger partial charge in [-0.2, -0.15) is 0 Å². The zero-order valence-corrected chi connectivity index (χ0v) is 15.4. The smallest absolute Gasteiger partial charge is 0.119 e. The van der Waals surface area contributed by atoms with E-state index in [9.17, 15) is 0 Å². The number of rotatable bonds is 6. The summed E-state index contributed by atoms with van der Waals surface area (Å²) in [4.78, 5) is 1.25. The Morgan fingerprint density at radius 3 is 1.92 bits per heavy atom. The molecule has 2 nitrogen and oxygen atoms in total. The van der Waals surface area contributed by atoms with Crippen LogP contribution < -0.4 is 10.5 Å². The second kappa shape index (κ2) is 11.3. The van der Waals surface area contributed by atoms with Crippen LogP contribution in [0.25, 0.3) is 0 Å². The van der Waals surface area contributed by atoms with Crippen LogP contribution >= 0.6 is 11.8 Å². The van der Waals surface area contributed by atoms with E-state index in [-0.39, 0.29) is 0 Å². The Bertz CT molecular complexity index is 699. The Morgan fingerprint density at radius 2 is 1.40 bits per heavy atom. The average molecular weight is 352 g/mol. The lowest BCUT2D eigenvalue weighted by molar-refractivity contribution is 0.328. The summed E-state index contributed by atoms with van der Waals surface area (Å²) in [5.41, 5.74) is 8.05. The molecule has 0 radical (unpaired) electrons. The SMILES string of the molecule is Cc1ccccc1.NCCOc1ccc(SCc2ccccc2)cc1. The molecular formula is C22H25NOS. The zero-order valence-electron chi connectivity index (χ0n) is 14.6. The monoisotopic (exact) mass is 351 g/mol.